The molecule has 0 aliphatic carbocycles. The van der Waals surface area contributed by atoms with Gasteiger partial charge in [-0.05, 0) is 64.5 Å². The molecular weight excluding hydrogens is 583 g/mol. The molecule has 44 heavy (non-hydrogen) atoms. The predicted octanol–water partition coefficient (Wildman–Crippen LogP) is 5.02. The number of pyridine rings is 1. The highest BCUT2D eigenvalue weighted by Crippen LogP contribution is 2.46. The van der Waals surface area contributed by atoms with Gasteiger partial charge in [-0.1, -0.05) is 24.0 Å². The third-order valence-electron chi connectivity index (χ3n) is 6.54. The molecule has 3 aromatic carbocycles. The number of ether oxygens (including phenoxy) is 1. The molecule has 0 spiro atoms. The Labute approximate surface area is 247 Å². The SMILES string of the molecule is N#Cc1ccc(OCc2ccc(C#Cc3ccc(C(F)(F)C(O)(Cn4cnnn4)c4ccc(F)cc4F)nc3)cc2)cc1F. The van der Waals surface area contributed by atoms with Crippen molar-refractivity contribution in [3.05, 3.63) is 136 Å². The Morgan fingerprint density at radius 2 is 1.64 bits per heavy atom. The fourth-order valence-electron chi connectivity index (χ4n) is 4.20. The molecule has 5 aromatic rings. The first kappa shape index (κ1) is 29.8. The molecule has 0 saturated carbocycles. The number of benzene rings is 3. The molecule has 8 nitrogen and oxygen atoms in total. The standard InChI is InChI=1S/C31H19F5N6O2/c32-24-9-11-26(28(34)13-24)30(43,18-42-19-39-40-41-42)31(35,36)29-12-7-21(16-38-29)4-1-20-2-5-22(6-3-20)17-44-25-10-8-23(15-37)27(33)14-25/h2-3,5-14,16,19,43H,17-18H2. The van der Waals surface area contributed by atoms with Crippen LogP contribution in [0, 0.1) is 40.6 Å². The third-order valence-corrected chi connectivity index (χ3v) is 6.54. The van der Waals surface area contributed by atoms with Gasteiger partial charge < -0.3 is 9.84 Å². The zero-order valence-corrected chi connectivity index (χ0v) is 22.4. The Kier molecular flexibility index (Phi) is 8.33. The Bertz CT molecular complexity index is 1880. The van der Waals surface area contributed by atoms with E-state index in [4.69, 9.17) is 10.00 Å². The van der Waals surface area contributed by atoms with E-state index in [-0.39, 0.29) is 23.5 Å². The van der Waals surface area contributed by atoms with Crippen LogP contribution >= 0.6 is 0 Å². The number of nitrogens with zero attached hydrogens (tertiary/aromatic N) is 6. The molecule has 1 unspecified atom stereocenters. The molecule has 220 valence electrons. The Morgan fingerprint density at radius 3 is 2.27 bits per heavy atom. The van der Waals surface area contributed by atoms with E-state index in [9.17, 15) is 18.3 Å². The Hall–Kier alpha value is -5.66. The number of aromatic nitrogens is 5. The van der Waals surface area contributed by atoms with Gasteiger partial charge in [0.25, 0.3) is 0 Å². The number of alkyl halides is 2. The summed E-state index contributed by atoms with van der Waals surface area (Å²) in [6.07, 6.45) is 2.04. The van der Waals surface area contributed by atoms with Crippen molar-refractivity contribution in [2.24, 2.45) is 0 Å². The van der Waals surface area contributed by atoms with Crippen LogP contribution < -0.4 is 4.74 Å². The molecule has 1 atom stereocenters. The van der Waals surface area contributed by atoms with Gasteiger partial charge in [0.15, 0.2) is 5.60 Å². The van der Waals surface area contributed by atoms with Gasteiger partial charge in [-0.25, -0.2) is 17.9 Å². The largest absolute Gasteiger partial charge is 0.489 e. The van der Waals surface area contributed by atoms with Crippen molar-refractivity contribution in [1.29, 1.82) is 5.26 Å². The second kappa shape index (κ2) is 12.3. The molecule has 2 aromatic heterocycles. The summed E-state index contributed by atoms with van der Waals surface area (Å²) in [7, 11) is 0. The number of aliphatic hydroxyl groups is 1. The van der Waals surface area contributed by atoms with E-state index in [2.05, 4.69) is 32.4 Å². The molecule has 0 amide bonds. The van der Waals surface area contributed by atoms with E-state index in [0.29, 0.717) is 11.6 Å². The van der Waals surface area contributed by atoms with Gasteiger partial charge in [0.2, 0.25) is 0 Å². The van der Waals surface area contributed by atoms with Gasteiger partial charge in [-0.15, -0.1) is 5.10 Å². The summed E-state index contributed by atoms with van der Waals surface area (Å²) >= 11 is 0. The lowest BCUT2D eigenvalue weighted by molar-refractivity contribution is -0.207. The van der Waals surface area contributed by atoms with E-state index in [1.165, 1.54) is 18.2 Å². The number of nitriles is 1. The second-order valence-electron chi connectivity index (χ2n) is 9.49. The molecule has 0 saturated heterocycles. The molecule has 0 aliphatic heterocycles. The second-order valence-corrected chi connectivity index (χ2v) is 9.49. The highest BCUT2D eigenvalue weighted by atomic mass is 19.3. The summed E-state index contributed by atoms with van der Waals surface area (Å²) in [5, 5.41) is 30.2. The first-order valence-corrected chi connectivity index (χ1v) is 12.8. The van der Waals surface area contributed by atoms with Gasteiger partial charge in [0.1, 0.15) is 47.9 Å². The molecule has 2 heterocycles. The lowest BCUT2D eigenvalue weighted by atomic mass is 9.84. The van der Waals surface area contributed by atoms with E-state index in [1.54, 1.807) is 30.3 Å². The highest BCUT2D eigenvalue weighted by Gasteiger charge is 2.58. The number of rotatable bonds is 8. The predicted molar refractivity (Wildman–Crippen MR) is 144 cm³/mol. The fourth-order valence-corrected chi connectivity index (χ4v) is 4.20. The van der Waals surface area contributed by atoms with Gasteiger partial charge in [0.05, 0.1) is 12.1 Å². The number of hydrogen-bond acceptors (Lipinski definition) is 7. The molecule has 1 N–H and O–H groups in total. The third kappa shape index (κ3) is 6.23. The maximum Gasteiger partial charge on any atom is 0.323 e. The van der Waals surface area contributed by atoms with Crippen LogP contribution in [0.1, 0.15) is 33.5 Å². The topological polar surface area (TPSA) is 110 Å². The minimum Gasteiger partial charge on any atom is -0.489 e. The zero-order valence-electron chi connectivity index (χ0n) is 22.4. The van der Waals surface area contributed by atoms with Crippen molar-refractivity contribution < 1.29 is 31.8 Å². The van der Waals surface area contributed by atoms with Crippen LogP contribution in [0.2, 0.25) is 0 Å². The lowest BCUT2D eigenvalue weighted by Crippen LogP contribution is -2.48. The number of hydrogen-bond donors (Lipinski definition) is 1. The Balaban J connectivity index is 1.31. The number of tetrazole rings is 1. The molecule has 0 fully saturated rings. The van der Waals surface area contributed by atoms with Crippen molar-refractivity contribution in [2.75, 3.05) is 0 Å². The summed E-state index contributed by atoms with van der Waals surface area (Å²) in [5.74, 6) is -1.31. The minimum atomic E-state index is -4.19. The molecule has 5 rings (SSSR count). The van der Waals surface area contributed by atoms with E-state index in [1.807, 2.05) is 0 Å². The van der Waals surface area contributed by atoms with Crippen molar-refractivity contribution >= 4 is 0 Å². The van der Waals surface area contributed by atoms with Crippen molar-refractivity contribution in [3.63, 3.8) is 0 Å². The highest BCUT2D eigenvalue weighted by molar-refractivity contribution is 5.43. The van der Waals surface area contributed by atoms with Crippen molar-refractivity contribution in [3.8, 4) is 23.7 Å². The van der Waals surface area contributed by atoms with E-state index < -0.39 is 46.8 Å². The van der Waals surface area contributed by atoms with Crippen LogP contribution in [-0.4, -0.2) is 30.3 Å². The summed E-state index contributed by atoms with van der Waals surface area (Å²) < 4.78 is 80.0. The molecule has 0 aliphatic rings. The average molecular weight is 603 g/mol. The van der Waals surface area contributed by atoms with Gasteiger partial charge in [-0.3, -0.25) is 4.98 Å². The van der Waals surface area contributed by atoms with Crippen molar-refractivity contribution in [1.82, 2.24) is 25.2 Å². The molecule has 13 heteroatoms. The molecular formula is C31H19F5N6O2. The van der Waals surface area contributed by atoms with Crippen LogP contribution in [0.15, 0.2) is 85.3 Å². The summed E-state index contributed by atoms with van der Waals surface area (Å²) in [4.78, 5) is 3.78. The van der Waals surface area contributed by atoms with Crippen LogP contribution in [0.25, 0.3) is 0 Å². The summed E-state index contributed by atoms with van der Waals surface area (Å²) in [5.41, 5.74) is -3.47. The Morgan fingerprint density at radius 1 is 0.886 bits per heavy atom. The van der Waals surface area contributed by atoms with Gasteiger partial charge in [-0.2, -0.15) is 14.0 Å². The number of halogens is 5. The average Bonchev–Trinajstić information content (AvgIpc) is 3.52. The normalized spacial score (nSPS) is 12.5. The van der Waals surface area contributed by atoms with Crippen LogP contribution in [0.3, 0.4) is 0 Å². The molecule has 0 bridgehead atoms. The molecule has 0 radical (unpaired) electrons. The minimum absolute atomic E-state index is 0.0818. The monoisotopic (exact) mass is 602 g/mol. The van der Waals surface area contributed by atoms with Gasteiger partial charge in [0, 0.05) is 35.0 Å². The van der Waals surface area contributed by atoms with E-state index in [0.717, 1.165) is 47.0 Å². The first-order chi connectivity index (χ1) is 21.1. The van der Waals surface area contributed by atoms with E-state index >= 15 is 8.78 Å². The fraction of sp³-hybridized carbons (Fsp3) is 0.129. The zero-order chi connectivity index (χ0) is 31.3. The summed E-state index contributed by atoms with van der Waals surface area (Å²) in [6.45, 7) is -0.829. The van der Waals surface area contributed by atoms with Crippen molar-refractivity contribution in [2.45, 2.75) is 24.7 Å². The first-order valence-electron chi connectivity index (χ1n) is 12.8. The maximum atomic E-state index is 15.9. The lowest BCUT2D eigenvalue weighted by Gasteiger charge is -2.35. The van der Waals surface area contributed by atoms with Gasteiger partial charge >= 0.3 is 5.92 Å². The van der Waals surface area contributed by atoms with Crippen LogP contribution in [-0.2, 0) is 24.7 Å². The smallest absolute Gasteiger partial charge is 0.323 e. The quantitative estimate of drug-likeness (QED) is 0.196. The van der Waals surface area contributed by atoms with Crippen LogP contribution in [0.4, 0.5) is 22.0 Å². The summed E-state index contributed by atoms with van der Waals surface area (Å²) in [6, 6.07) is 16.7. The maximum absolute atomic E-state index is 15.9. The van der Waals surface area contributed by atoms with Crippen LogP contribution in [0.5, 0.6) is 5.75 Å².